The van der Waals surface area contributed by atoms with E-state index in [1.807, 2.05) is 13.0 Å². The van der Waals surface area contributed by atoms with Gasteiger partial charge in [0.25, 0.3) is 5.69 Å². The Labute approximate surface area is 174 Å². The molecule has 4 nitrogen and oxygen atoms in total. The normalized spacial score (nSPS) is 16.5. The molecule has 0 radical (unpaired) electrons. The van der Waals surface area contributed by atoms with Crippen molar-refractivity contribution in [2.45, 2.75) is 68.2 Å². The highest BCUT2D eigenvalue weighted by Gasteiger charge is 2.23. The van der Waals surface area contributed by atoms with Gasteiger partial charge in [0.1, 0.15) is 0 Å². The Morgan fingerprint density at radius 1 is 1.07 bits per heavy atom. The average molecular weight is 393 g/mol. The van der Waals surface area contributed by atoms with Crippen LogP contribution in [0.3, 0.4) is 0 Å². The first-order chi connectivity index (χ1) is 13.6. The molecule has 0 fully saturated rings. The Bertz CT molecular complexity index is 997. The summed E-state index contributed by atoms with van der Waals surface area (Å²) in [6.07, 6.45) is 1.86. The first kappa shape index (κ1) is 22.5. The van der Waals surface area contributed by atoms with Crippen LogP contribution in [0.25, 0.3) is 5.57 Å². The molecule has 1 aliphatic heterocycles. The van der Waals surface area contributed by atoms with Gasteiger partial charge in [-0.2, -0.15) is 0 Å². The maximum Gasteiger partial charge on any atom is 0.270 e. The molecular formula is C25H32N2O2. The summed E-state index contributed by atoms with van der Waals surface area (Å²) in [5.74, 6) is 0. The molecule has 154 valence electrons. The predicted octanol–water partition coefficient (Wildman–Crippen LogP) is 7.59. The number of non-ortho nitro benzene ring substituents is 1. The molecule has 0 atom stereocenters. The molecule has 0 aromatic heterocycles. The zero-order valence-electron chi connectivity index (χ0n) is 18.9. The first-order valence-electron chi connectivity index (χ1n) is 10.2. The van der Waals surface area contributed by atoms with Crippen molar-refractivity contribution < 1.29 is 4.92 Å². The number of aliphatic imine (C=N–C) groups is 1. The molecule has 1 aromatic carbocycles. The van der Waals surface area contributed by atoms with Crippen molar-refractivity contribution in [2.75, 3.05) is 0 Å². The molecule has 29 heavy (non-hydrogen) atoms. The molecule has 0 unspecified atom stereocenters. The fourth-order valence-corrected chi connectivity index (χ4v) is 4.21. The van der Waals surface area contributed by atoms with Crippen LogP contribution in [-0.2, 0) is 0 Å². The van der Waals surface area contributed by atoms with E-state index in [1.165, 1.54) is 28.4 Å². The van der Waals surface area contributed by atoms with Crippen molar-refractivity contribution in [3.8, 4) is 0 Å². The van der Waals surface area contributed by atoms with Crippen LogP contribution in [0.4, 0.5) is 5.69 Å². The predicted molar refractivity (Wildman–Crippen MR) is 123 cm³/mol. The lowest BCUT2D eigenvalue weighted by atomic mass is 9.87. The summed E-state index contributed by atoms with van der Waals surface area (Å²) >= 11 is 0. The largest absolute Gasteiger partial charge is 0.270 e. The highest BCUT2D eigenvalue weighted by Crippen LogP contribution is 2.40. The second-order valence-corrected chi connectivity index (χ2v) is 7.77. The van der Waals surface area contributed by atoms with E-state index in [-0.39, 0.29) is 10.6 Å². The van der Waals surface area contributed by atoms with E-state index < -0.39 is 0 Å². The molecule has 0 saturated carbocycles. The van der Waals surface area contributed by atoms with Gasteiger partial charge in [-0.1, -0.05) is 31.6 Å². The molecule has 1 aliphatic rings. The fraction of sp³-hybridized carbons (Fsp3) is 0.400. The molecule has 0 N–H and O–H groups in total. The van der Waals surface area contributed by atoms with E-state index in [1.54, 1.807) is 12.1 Å². The lowest BCUT2D eigenvalue weighted by molar-refractivity contribution is -0.384. The number of nitrogens with zero attached hydrogens (tertiary/aromatic N) is 2. The monoisotopic (exact) mass is 392 g/mol. The molecule has 4 heteroatoms. The summed E-state index contributed by atoms with van der Waals surface area (Å²) < 4.78 is 0. The Morgan fingerprint density at radius 2 is 1.72 bits per heavy atom. The van der Waals surface area contributed by atoms with Crippen LogP contribution in [0, 0.1) is 10.1 Å². The number of hydrogen-bond donors (Lipinski definition) is 0. The third kappa shape index (κ3) is 4.47. The highest BCUT2D eigenvalue weighted by atomic mass is 16.6. The van der Waals surface area contributed by atoms with Gasteiger partial charge >= 0.3 is 0 Å². The molecule has 0 spiro atoms. The van der Waals surface area contributed by atoms with Crippen molar-refractivity contribution in [1.29, 1.82) is 0 Å². The molecule has 0 amide bonds. The van der Waals surface area contributed by atoms with E-state index in [4.69, 9.17) is 4.99 Å². The number of rotatable bonds is 6. The summed E-state index contributed by atoms with van der Waals surface area (Å²) in [6.45, 7) is 17.0. The van der Waals surface area contributed by atoms with Crippen LogP contribution >= 0.6 is 0 Å². The van der Waals surface area contributed by atoms with E-state index in [0.29, 0.717) is 0 Å². The van der Waals surface area contributed by atoms with Gasteiger partial charge in [-0.25, -0.2) is 0 Å². The van der Waals surface area contributed by atoms with E-state index in [9.17, 15) is 10.1 Å². The van der Waals surface area contributed by atoms with Crippen LogP contribution in [-0.4, -0.2) is 10.6 Å². The first-order valence-corrected chi connectivity index (χ1v) is 10.2. The molecule has 2 rings (SSSR count). The van der Waals surface area contributed by atoms with Crippen molar-refractivity contribution in [3.05, 3.63) is 79.1 Å². The van der Waals surface area contributed by atoms with Crippen LogP contribution in [0.2, 0.25) is 0 Å². The molecule has 0 aliphatic carbocycles. The number of allylic oxidation sites excluding steroid dienone is 7. The zero-order valence-corrected chi connectivity index (χ0v) is 18.9. The Balaban J connectivity index is 2.92. The Kier molecular flexibility index (Phi) is 7.12. The average Bonchev–Trinajstić information content (AvgIpc) is 2.95. The van der Waals surface area contributed by atoms with Gasteiger partial charge in [0.15, 0.2) is 0 Å². The molecular weight excluding hydrogens is 360 g/mol. The number of nitro benzene ring substituents is 1. The van der Waals surface area contributed by atoms with Gasteiger partial charge < -0.3 is 0 Å². The SMILES string of the molecule is CCC1=C(C)/C(=C(/C(C)=C(\C)C(CC)=C(C)C)c2cccc([N+](=O)[O-])c2)N=C1C. The second-order valence-electron chi connectivity index (χ2n) is 7.77. The fourth-order valence-electron chi connectivity index (χ4n) is 4.21. The van der Waals surface area contributed by atoms with E-state index >= 15 is 0 Å². The minimum atomic E-state index is -0.339. The Morgan fingerprint density at radius 3 is 2.21 bits per heavy atom. The number of benzene rings is 1. The van der Waals surface area contributed by atoms with Gasteiger partial charge in [-0.3, -0.25) is 15.1 Å². The van der Waals surface area contributed by atoms with Gasteiger partial charge in [0, 0.05) is 23.4 Å². The summed E-state index contributed by atoms with van der Waals surface area (Å²) in [5, 5.41) is 11.4. The zero-order chi connectivity index (χ0) is 21.9. The van der Waals surface area contributed by atoms with Crippen LogP contribution in [0.15, 0.2) is 68.4 Å². The lowest BCUT2D eigenvalue weighted by Crippen LogP contribution is -1.99. The molecule has 0 bridgehead atoms. The number of nitro groups is 1. The van der Waals surface area contributed by atoms with Crippen molar-refractivity contribution in [1.82, 2.24) is 0 Å². The third-order valence-corrected chi connectivity index (χ3v) is 5.81. The van der Waals surface area contributed by atoms with Crippen molar-refractivity contribution in [2.24, 2.45) is 4.99 Å². The van der Waals surface area contributed by atoms with E-state index in [2.05, 4.69) is 48.5 Å². The van der Waals surface area contributed by atoms with Crippen LogP contribution < -0.4 is 0 Å². The minimum Gasteiger partial charge on any atom is -0.258 e. The Hall–Kier alpha value is -2.75. The summed E-state index contributed by atoms with van der Waals surface area (Å²) in [6, 6.07) is 6.90. The lowest BCUT2D eigenvalue weighted by Gasteiger charge is -2.18. The van der Waals surface area contributed by atoms with E-state index in [0.717, 1.165) is 46.5 Å². The molecule has 1 aromatic rings. The topological polar surface area (TPSA) is 55.5 Å². The van der Waals surface area contributed by atoms with Crippen LogP contribution in [0.1, 0.15) is 73.8 Å². The summed E-state index contributed by atoms with van der Waals surface area (Å²) in [4.78, 5) is 16.0. The van der Waals surface area contributed by atoms with Crippen LogP contribution in [0.5, 0.6) is 0 Å². The number of hydrogen-bond acceptors (Lipinski definition) is 3. The quantitative estimate of drug-likeness (QED) is 0.284. The molecule has 0 saturated heterocycles. The maximum atomic E-state index is 11.4. The minimum absolute atomic E-state index is 0.0972. The van der Waals surface area contributed by atoms with Gasteiger partial charge in [-0.05, 0) is 87.8 Å². The smallest absolute Gasteiger partial charge is 0.258 e. The third-order valence-electron chi connectivity index (χ3n) is 5.81. The van der Waals surface area contributed by atoms with Gasteiger partial charge in [0.2, 0.25) is 0 Å². The summed E-state index contributed by atoms with van der Waals surface area (Å²) in [7, 11) is 0. The second kappa shape index (κ2) is 9.17. The van der Waals surface area contributed by atoms with Gasteiger partial charge in [0.05, 0.1) is 10.6 Å². The highest BCUT2D eigenvalue weighted by molar-refractivity contribution is 6.05. The maximum absolute atomic E-state index is 11.4. The van der Waals surface area contributed by atoms with Gasteiger partial charge in [-0.15, -0.1) is 0 Å². The van der Waals surface area contributed by atoms with Crippen molar-refractivity contribution >= 4 is 17.0 Å². The molecule has 1 heterocycles. The standard InChI is InChI=1S/C25H32N2O2/c1-9-22(15(3)4)16(5)17(6)24(20-12-11-13-21(14-20)27(28)29)25-18(7)23(10-2)19(8)26-25/h11-14H,9-10H2,1-8H3/b17-16+,25-24+. The summed E-state index contributed by atoms with van der Waals surface area (Å²) in [5.41, 5.74) is 11.2. The van der Waals surface area contributed by atoms with Crippen molar-refractivity contribution in [3.63, 3.8) is 0 Å².